The molecule has 0 radical (unpaired) electrons. The van der Waals surface area contributed by atoms with Gasteiger partial charge in [0, 0.05) is 13.1 Å². The van der Waals surface area contributed by atoms with Crippen molar-refractivity contribution in [3.63, 3.8) is 0 Å². The van der Waals surface area contributed by atoms with Gasteiger partial charge in [-0.2, -0.15) is 4.98 Å². The molecule has 0 bridgehead atoms. The fourth-order valence-electron chi connectivity index (χ4n) is 3.39. The van der Waals surface area contributed by atoms with Crippen molar-refractivity contribution < 1.29 is 4.74 Å². The molecule has 27 heavy (non-hydrogen) atoms. The molecule has 0 amide bonds. The number of nitrogens with zero attached hydrogens (tertiary/aromatic N) is 4. The zero-order valence-corrected chi connectivity index (χ0v) is 16.1. The van der Waals surface area contributed by atoms with Crippen LogP contribution in [-0.2, 0) is 0 Å². The third-order valence-corrected chi connectivity index (χ3v) is 5.44. The predicted molar refractivity (Wildman–Crippen MR) is 107 cm³/mol. The second-order valence-corrected chi connectivity index (χ2v) is 7.24. The Labute approximate surface area is 161 Å². The molecule has 4 rings (SSSR count). The molecule has 1 aliphatic rings. The van der Waals surface area contributed by atoms with E-state index in [-0.39, 0.29) is 5.56 Å². The second-order valence-electron chi connectivity index (χ2n) is 6.85. The van der Waals surface area contributed by atoms with Crippen LogP contribution in [0.2, 0.25) is 0 Å². The lowest BCUT2D eigenvalue weighted by molar-refractivity contribution is 0.412. The lowest BCUT2D eigenvalue weighted by atomic mass is 10.00. The van der Waals surface area contributed by atoms with Gasteiger partial charge in [-0.05, 0) is 30.9 Å². The average molecular weight is 383 g/mol. The number of para-hydroxylation sites is 2. The van der Waals surface area contributed by atoms with Crippen LogP contribution in [0.5, 0.6) is 5.75 Å². The van der Waals surface area contributed by atoms with E-state index in [1.807, 2.05) is 24.3 Å². The van der Waals surface area contributed by atoms with Gasteiger partial charge in [-0.1, -0.05) is 31.3 Å². The Kier molecular flexibility index (Phi) is 4.65. The van der Waals surface area contributed by atoms with Crippen molar-refractivity contribution >= 4 is 29.2 Å². The van der Waals surface area contributed by atoms with Gasteiger partial charge in [0.1, 0.15) is 22.1 Å². The lowest BCUT2D eigenvalue weighted by Crippen LogP contribution is -2.35. The number of rotatable bonds is 3. The van der Waals surface area contributed by atoms with E-state index >= 15 is 0 Å². The minimum Gasteiger partial charge on any atom is -0.495 e. The van der Waals surface area contributed by atoms with Gasteiger partial charge in [0.2, 0.25) is 5.95 Å². The molecule has 1 N–H and O–H groups in total. The normalized spacial score (nSPS) is 15.3. The van der Waals surface area contributed by atoms with Crippen LogP contribution in [-0.4, -0.2) is 39.7 Å². The maximum atomic E-state index is 12.8. The van der Waals surface area contributed by atoms with Crippen LogP contribution in [0.3, 0.4) is 0 Å². The summed E-state index contributed by atoms with van der Waals surface area (Å²) in [7, 11) is 1.59. The first-order valence-corrected chi connectivity index (χ1v) is 9.39. The van der Waals surface area contributed by atoms with Crippen molar-refractivity contribution in [1.29, 1.82) is 0 Å². The molecule has 1 fully saturated rings. The van der Waals surface area contributed by atoms with Crippen molar-refractivity contribution in [2.45, 2.75) is 19.8 Å². The molecule has 0 saturated carbocycles. The number of fused-ring (bicyclic) bond motifs is 1. The van der Waals surface area contributed by atoms with Crippen LogP contribution in [0.15, 0.2) is 35.4 Å². The Morgan fingerprint density at radius 1 is 1.26 bits per heavy atom. The molecule has 0 unspecified atom stereocenters. The highest BCUT2D eigenvalue weighted by molar-refractivity contribution is 7.71. The topological polar surface area (TPSA) is 76.0 Å². The molecule has 140 valence electrons. The number of aromatic amines is 1. The maximum absolute atomic E-state index is 12.8. The van der Waals surface area contributed by atoms with Crippen LogP contribution < -0.4 is 15.2 Å². The summed E-state index contributed by atoms with van der Waals surface area (Å²) < 4.78 is 7.44. The number of piperidine rings is 1. The first-order chi connectivity index (χ1) is 13.1. The molecule has 0 atom stereocenters. The zero-order chi connectivity index (χ0) is 19.0. The Hall–Kier alpha value is -2.74. The Morgan fingerprint density at radius 3 is 2.74 bits per heavy atom. The number of H-pyrrole nitrogens is 1. The molecular formula is C19H21N5O2S. The van der Waals surface area contributed by atoms with Gasteiger partial charge in [0.25, 0.3) is 5.56 Å². The highest BCUT2D eigenvalue weighted by Crippen LogP contribution is 2.24. The van der Waals surface area contributed by atoms with Crippen molar-refractivity contribution in [2.24, 2.45) is 5.92 Å². The van der Waals surface area contributed by atoms with Crippen molar-refractivity contribution in [3.05, 3.63) is 45.6 Å². The van der Waals surface area contributed by atoms with E-state index in [9.17, 15) is 4.79 Å². The zero-order valence-electron chi connectivity index (χ0n) is 15.3. The molecule has 3 heterocycles. The number of hydrogen-bond acceptors (Lipinski definition) is 6. The second kappa shape index (κ2) is 7.11. The fourth-order valence-corrected chi connectivity index (χ4v) is 3.72. The molecule has 0 aliphatic carbocycles. The van der Waals surface area contributed by atoms with E-state index in [1.54, 1.807) is 18.0 Å². The predicted octanol–water partition coefficient (Wildman–Crippen LogP) is 3.08. The monoisotopic (exact) mass is 383 g/mol. The molecule has 1 aromatic carbocycles. The summed E-state index contributed by atoms with van der Waals surface area (Å²) in [6.07, 6.45) is 3.77. The van der Waals surface area contributed by atoms with Gasteiger partial charge in [0.15, 0.2) is 5.65 Å². The number of anilines is 1. The number of nitrogens with one attached hydrogen (secondary N) is 1. The largest absolute Gasteiger partial charge is 0.495 e. The molecular weight excluding hydrogens is 362 g/mol. The Balaban J connectivity index is 1.83. The van der Waals surface area contributed by atoms with E-state index in [0.717, 1.165) is 31.6 Å². The third kappa shape index (κ3) is 3.21. The van der Waals surface area contributed by atoms with Gasteiger partial charge >= 0.3 is 0 Å². The summed E-state index contributed by atoms with van der Waals surface area (Å²) in [5.74, 6) is 1.92. The van der Waals surface area contributed by atoms with E-state index < -0.39 is 0 Å². The van der Waals surface area contributed by atoms with Crippen LogP contribution in [0.25, 0.3) is 16.7 Å². The number of hydrogen-bond donors (Lipinski definition) is 1. The number of benzene rings is 1. The van der Waals surface area contributed by atoms with Crippen LogP contribution in [0.1, 0.15) is 19.8 Å². The lowest BCUT2D eigenvalue weighted by Gasteiger charge is -2.30. The number of ether oxygens (including phenoxy) is 1. The maximum Gasteiger partial charge on any atom is 0.264 e. The van der Waals surface area contributed by atoms with Crippen LogP contribution in [0.4, 0.5) is 5.95 Å². The molecule has 2 aromatic heterocycles. The smallest absolute Gasteiger partial charge is 0.264 e. The number of aromatic nitrogens is 4. The van der Waals surface area contributed by atoms with E-state index in [4.69, 9.17) is 17.0 Å². The van der Waals surface area contributed by atoms with Crippen molar-refractivity contribution in [2.75, 3.05) is 25.1 Å². The van der Waals surface area contributed by atoms with Gasteiger partial charge in [-0.25, -0.2) is 4.98 Å². The summed E-state index contributed by atoms with van der Waals surface area (Å²) in [4.78, 5) is 26.8. The van der Waals surface area contributed by atoms with Gasteiger partial charge < -0.3 is 9.64 Å². The molecule has 1 aliphatic heterocycles. The molecule has 0 spiro atoms. The Morgan fingerprint density at radius 2 is 2.00 bits per heavy atom. The number of methoxy groups -OCH3 is 1. The molecule has 8 heteroatoms. The standard InChI is InChI=1S/C19H21N5O2S/c1-12-7-9-23(10-8-12)19-21-16-15(17(25)22-19)18(27)24(11-20-16)13-5-3-4-6-14(13)26-2/h3-6,11-12H,7-10H2,1-2H3,(H,21,22,25). The summed E-state index contributed by atoms with van der Waals surface area (Å²) in [5.41, 5.74) is 0.826. The van der Waals surface area contributed by atoms with Gasteiger partial charge in [-0.15, -0.1) is 0 Å². The summed E-state index contributed by atoms with van der Waals surface area (Å²) in [6.45, 7) is 4.00. The van der Waals surface area contributed by atoms with Gasteiger partial charge in [0.05, 0.1) is 12.8 Å². The quantitative estimate of drug-likeness (QED) is 0.701. The van der Waals surface area contributed by atoms with Crippen LogP contribution >= 0.6 is 12.2 Å². The highest BCUT2D eigenvalue weighted by Gasteiger charge is 2.19. The molecule has 1 saturated heterocycles. The fraction of sp³-hybridized carbons (Fsp3) is 0.368. The Bertz CT molecular complexity index is 1100. The first kappa shape index (κ1) is 17.7. The first-order valence-electron chi connectivity index (χ1n) is 8.98. The van der Waals surface area contributed by atoms with E-state index in [1.165, 1.54) is 0 Å². The summed E-state index contributed by atoms with van der Waals surface area (Å²) in [5, 5.41) is 0.313. The molecule has 7 nitrogen and oxygen atoms in total. The SMILES string of the molecule is COc1ccccc1-n1cnc2nc(N3CCC(C)CC3)[nH]c(=O)c2c1=S. The minimum atomic E-state index is -0.268. The summed E-state index contributed by atoms with van der Waals surface area (Å²) >= 11 is 5.58. The molecule has 3 aromatic rings. The van der Waals surface area contributed by atoms with Crippen molar-refractivity contribution in [3.8, 4) is 11.4 Å². The van der Waals surface area contributed by atoms with E-state index in [0.29, 0.717) is 33.3 Å². The highest BCUT2D eigenvalue weighted by atomic mass is 32.1. The van der Waals surface area contributed by atoms with Gasteiger partial charge in [-0.3, -0.25) is 14.3 Å². The van der Waals surface area contributed by atoms with Crippen molar-refractivity contribution in [1.82, 2.24) is 19.5 Å². The third-order valence-electron chi connectivity index (χ3n) is 5.04. The average Bonchev–Trinajstić information content (AvgIpc) is 2.68. The van der Waals surface area contributed by atoms with Crippen LogP contribution in [0, 0.1) is 10.6 Å². The van der Waals surface area contributed by atoms with E-state index in [2.05, 4.69) is 26.8 Å². The minimum absolute atomic E-state index is 0.268. The summed E-state index contributed by atoms with van der Waals surface area (Å²) in [6, 6.07) is 7.46.